The van der Waals surface area contributed by atoms with Crippen LogP contribution >= 0.6 is 11.6 Å². The van der Waals surface area contributed by atoms with Gasteiger partial charge in [-0.15, -0.1) is 0 Å². The minimum Gasteiger partial charge on any atom is -0.476 e. The van der Waals surface area contributed by atoms with Crippen molar-refractivity contribution in [3.05, 3.63) is 82.1 Å². The summed E-state index contributed by atoms with van der Waals surface area (Å²) < 4.78 is 1.35. The molecule has 0 saturated carbocycles. The van der Waals surface area contributed by atoms with Crippen LogP contribution < -0.4 is 5.32 Å². The summed E-state index contributed by atoms with van der Waals surface area (Å²) in [4.78, 5) is 23.9. The first-order valence-electron chi connectivity index (χ1n) is 7.53. The lowest BCUT2D eigenvalue weighted by Gasteiger charge is -2.19. The first kappa shape index (κ1) is 15.4. The van der Waals surface area contributed by atoms with E-state index in [0.29, 0.717) is 10.7 Å². The van der Waals surface area contributed by atoms with Crippen LogP contribution in [-0.2, 0) is 0 Å². The van der Waals surface area contributed by atoms with Crippen LogP contribution in [0.25, 0.3) is 5.69 Å². The van der Waals surface area contributed by atoms with Gasteiger partial charge < -0.3 is 10.4 Å². The summed E-state index contributed by atoms with van der Waals surface area (Å²) in [6.07, 6.45) is 0. The number of benzene rings is 2. The smallest absolute Gasteiger partial charge is 0.356 e. The Bertz CT molecular complexity index is 998. The Balaban J connectivity index is 1.97. The average molecular weight is 354 g/mol. The number of aromatic nitrogens is 2. The highest BCUT2D eigenvalue weighted by Crippen LogP contribution is 2.33. The Kier molecular flexibility index (Phi) is 3.54. The monoisotopic (exact) mass is 353 g/mol. The number of aromatic carboxylic acids is 1. The zero-order valence-electron chi connectivity index (χ0n) is 12.8. The molecule has 3 aromatic rings. The van der Waals surface area contributed by atoms with Gasteiger partial charge in [0.2, 0.25) is 0 Å². The van der Waals surface area contributed by atoms with E-state index in [4.69, 9.17) is 11.6 Å². The van der Waals surface area contributed by atoms with Gasteiger partial charge >= 0.3 is 5.97 Å². The number of nitrogens with zero attached hydrogens (tertiary/aromatic N) is 2. The number of halogens is 1. The number of amides is 1. The van der Waals surface area contributed by atoms with Crippen LogP contribution in [0, 0.1) is 0 Å². The Morgan fingerprint density at radius 3 is 2.64 bits per heavy atom. The molecule has 1 unspecified atom stereocenters. The SMILES string of the molecule is O=C(O)c1cc2n(n1)-c1ccc(Cl)cc1C(c1ccccc1)NC2=O. The molecule has 7 heteroatoms. The highest BCUT2D eigenvalue weighted by molar-refractivity contribution is 6.30. The number of fused-ring (bicyclic) bond motifs is 3. The van der Waals surface area contributed by atoms with Gasteiger partial charge in [-0.1, -0.05) is 41.9 Å². The molecule has 124 valence electrons. The number of nitrogens with one attached hydrogen (secondary N) is 1. The lowest BCUT2D eigenvalue weighted by Crippen LogP contribution is -2.28. The molecule has 0 radical (unpaired) electrons. The van der Waals surface area contributed by atoms with E-state index in [1.54, 1.807) is 18.2 Å². The minimum atomic E-state index is -1.19. The van der Waals surface area contributed by atoms with E-state index < -0.39 is 17.9 Å². The molecule has 2 aromatic carbocycles. The highest BCUT2D eigenvalue weighted by atomic mass is 35.5. The lowest BCUT2D eigenvalue weighted by molar-refractivity contribution is 0.0689. The molecule has 1 amide bonds. The quantitative estimate of drug-likeness (QED) is 0.741. The third kappa shape index (κ3) is 2.56. The van der Waals surface area contributed by atoms with Crippen molar-refractivity contribution in [1.29, 1.82) is 0 Å². The summed E-state index contributed by atoms with van der Waals surface area (Å²) in [6, 6.07) is 15.5. The second-order valence-corrected chi connectivity index (χ2v) is 6.09. The molecule has 1 aromatic heterocycles. The summed E-state index contributed by atoms with van der Waals surface area (Å²) in [5.74, 6) is -1.59. The normalized spacial score (nSPS) is 15.7. The molecule has 0 bridgehead atoms. The third-order valence-electron chi connectivity index (χ3n) is 4.10. The van der Waals surface area contributed by atoms with Crippen molar-refractivity contribution >= 4 is 23.5 Å². The van der Waals surface area contributed by atoms with Crippen molar-refractivity contribution in [3.8, 4) is 5.69 Å². The average Bonchev–Trinajstić information content (AvgIpc) is 3.02. The maximum absolute atomic E-state index is 12.7. The van der Waals surface area contributed by atoms with Crippen molar-refractivity contribution < 1.29 is 14.7 Å². The molecule has 1 aliphatic rings. The molecule has 0 spiro atoms. The Labute approximate surface area is 147 Å². The van der Waals surface area contributed by atoms with Crippen molar-refractivity contribution in [3.63, 3.8) is 0 Å². The van der Waals surface area contributed by atoms with Gasteiger partial charge in [-0.25, -0.2) is 9.48 Å². The van der Waals surface area contributed by atoms with Gasteiger partial charge in [-0.05, 0) is 23.8 Å². The van der Waals surface area contributed by atoms with E-state index in [-0.39, 0.29) is 11.4 Å². The van der Waals surface area contributed by atoms with Gasteiger partial charge in [0.15, 0.2) is 5.69 Å². The molecule has 6 nitrogen and oxygen atoms in total. The fourth-order valence-electron chi connectivity index (χ4n) is 2.97. The number of carbonyl (C=O) groups is 2. The van der Waals surface area contributed by atoms with Crippen LogP contribution in [0.4, 0.5) is 0 Å². The molecule has 2 N–H and O–H groups in total. The van der Waals surface area contributed by atoms with Gasteiger partial charge in [0.1, 0.15) is 5.69 Å². The van der Waals surface area contributed by atoms with E-state index in [2.05, 4.69) is 10.4 Å². The predicted molar refractivity (Wildman–Crippen MR) is 91.3 cm³/mol. The summed E-state index contributed by atoms with van der Waals surface area (Å²) >= 11 is 6.17. The third-order valence-corrected chi connectivity index (χ3v) is 4.33. The number of hydrogen-bond donors (Lipinski definition) is 2. The van der Waals surface area contributed by atoms with Crippen LogP contribution in [-0.4, -0.2) is 26.8 Å². The maximum Gasteiger partial charge on any atom is 0.356 e. The molecule has 0 saturated heterocycles. The van der Waals surface area contributed by atoms with Crippen LogP contribution in [0.3, 0.4) is 0 Å². The van der Waals surface area contributed by atoms with E-state index in [9.17, 15) is 14.7 Å². The highest BCUT2D eigenvalue weighted by Gasteiger charge is 2.30. The van der Waals surface area contributed by atoms with Crippen molar-refractivity contribution in [2.45, 2.75) is 6.04 Å². The molecule has 2 heterocycles. The van der Waals surface area contributed by atoms with Crippen molar-refractivity contribution in [1.82, 2.24) is 15.1 Å². The first-order chi connectivity index (χ1) is 12.0. The molecular weight excluding hydrogens is 342 g/mol. The number of rotatable bonds is 2. The maximum atomic E-state index is 12.7. The zero-order valence-corrected chi connectivity index (χ0v) is 13.6. The number of carboxylic acids is 1. The fraction of sp³-hybridized carbons (Fsp3) is 0.0556. The Hall–Kier alpha value is -3.12. The summed E-state index contributed by atoms with van der Waals surface area (Å²) in [5.41, 5.74) is 2.22. The van der Waals surface area contributed by atoms with Gasteiger partial charge in [0.25, 0.3) is 5.91 Å². The standard InChI is InChI=1S/C18H12ClN3O3/c19-11-6-7-14-12(8-11)16(10-4-2-1-3-5-10)20-17(23)15-9-13(18(24)25)21-22(14)15/h1-9,16H,(H,20,23)(H,24,25). The Morgan fingerprint density at radius 1 is 1.16 bits per heavy atom. The zero-order chi connectivity index (χ0) is 17.6. The van der Waals surface area contributed by atoms with Gasteiger partial charge in [-0.2, -0.15) is 5.10 Å². The van der Waals surface area contributed by atoms with Crippen molar-refractivity contribution in [2.24, 2.45) is 0 Å². The van der Waals surface area contributed by atoms with Gasteiger partial charge in [0.05, 0.1) is 11.7 Å². The Morgan fingerprint density at radius 2 is 1.92 bits per heavy atom. The molecule has 0 fully saturated rings. The molecule has 0 aliphatic carbocycles. The molecular formula is C18H12ClN3O3. The van der Waals surface area contributed by atoms with Crippen LogP contribution in [0.1, 0.15) is 38.1 Å². The van der Waals surface area contributed by atoms with Gasteiger partial charge in [0, 0.05) is 16.7 Å². The largest absolute Gasteiger partial charge is 0.476 e. The number of carbonyl (C=O) groups excluding carboxylic acids is 1. The van der Waals surface area contributed by atoms with E-state index >= 15 is 0 Å². The van der Waals surface area contributed by atoms with Crippen molar-refractivity contribution in [2.75, 3.05) is 0 Å². The second-order valence-electron chi connectivity index (χ2n) is 5.65. The summed E-state index contributed by atoms with van der Waals surface area (Å²) in [7, 11) is 0. The molecule has 4 rings (SSSR count). The molecule has 25 heavy (non-hydrogen) atoms. The second kappa shape index (κ2) is 5.75. The van der Waals surface area contributed by atoms with Crippen LogP contribution in [0.15, 0.2) is 54.6 Å². The summed E-state index contributed by atoms with van der Waals surface area (Å²) in [5, 5.41) is 16.7. The van der Waals surface area contributed by atoms with E-state index in [1.165, 1.54) is 10.7 Å². The topological polar surface area (TPSA) is 84.2 Å². The van der Waals surface area contributed by atoms with E-state index in [1.807, 2.05) is 30.3 Å². The van der Waals surface area contributed by atoms with Crippen LogP contribution in [0.2, 0.25) is 5.02 Å². The molecule has 1 aliphatic heterocycles. The fourth-order valence-corrected chi connectivity index (χ4v) is 3.15. The number of hydrogen-bond acceptors (Lipinski definition) is 3. The first-order valence-corrected chi connectivity index (χ1v) is 7.91. The van der Waals surface area contributed by atoms with Crippen LogP contribution in [0.5, 0.6) is 0 Å². The number of carboxylic acid groups (broad SMARTS) is 1. The summed E-state index contributed by atoms with van der Waals surface area (Å²) in [6.45, 7) is 0. The lowest BCUT2D eigenvalue weighted by atomic mass is 9.97. The van der Waals surface area contributed by atoms with Gasteiger partial charge in [-0.3, -0.25) is 4.79 Å². The minimum absolute atomic E-state index is 0.166. The van der Waals surface area contributed by atoms with E-state index in [0.717, 1.165) is 11.1 Å². The predicted octanol–water partition coefficient (Wildman–Crippen LogP) is 3.06. The molecule has 1 atom stereocenters.